The van der Waals surface area contributed by atoms with Crippen molar-refractivity contribution in [2.45, 2.75) is 25.7 Å². The SMILES string of the molecule is O=C1CCc2ccc(Br)cc2CC1. The van der Waals surface area contributed by atoms with E-state index in [1.54, 1.807) is 0 Å². The predicted molar refractivity (Wildman–Crippen MR) is 55.8 cm³/mol. The van der Waals surface area contributed by atoms with Crippen LogP contribution in [-0.4, -0.2) is 5.78 Å². The molecular formula is C11H11BrO. The van der Waals surface area contributed by atoms with E-state index in [-0.39, 0.29) is 0 Å². The van der Waals surface area contributed by atoms with Crippen molar-refractivity contribution in [1.82, 2.24) is 0 Å². The van der Waals surface area contributed by atoms with Crippen LogP contribution in [0.4, 0.5) is 0 Å². The maximum Gasteiger partial charge on any atom is 0.133 e. The maximum absolute atomic E-state index is 11.2. The first-order valence-corrected chi connectivity index (χ1v) is 5.34. The number of ketones is 1. The second-order valence-corrected chi connectivity index (χ2v) is 4.37. The van der Waals surface area contributed by atoms with Crippen LogP contribution in [0.2, 0.25) is 0 Å². The third-order valence-electron chi connectivity index (χ3n) is 2.51. The fourth-order valence-corrected chi connectivity index (χ4v) is 2.15. The van der Waals surface area contributed by atoms with Gasteiger partial charge in [-0.05, 0) is 36.1 Å². The summed E-state index contributed by atoms with van der Waals surface area (Å²) in [4.78, 5) is 11.2. The Kier molecular flexibility index (Phi) is 2.49. The van der Waals surface area contributed by atoms with Crippen LogP contribution in [0.1, 0.15) is 24.0 Å². The number of Topliss-reactive ketones (excluding diaryl/α,β-unsaturated/α-hetero) is 1. The molecule has 0 fully saturated rings. The third kappa shape index (κ3) is 1.99. The topological polar surface area (TPSA) is 17.1 Å². The van der Waals surface area contributed by atoms with Crippen LogP contribution in [0.5, 0.6) is 0 Å². The molecule has 1 aromatic rings. The third-order valence-corrected chi connectivity index (χ3v) is 3.01. The van der Waals surface area contributed by atoms with Gasteiger partial charge in [-0.3, -0.25) is 4.79 Å². The lowest BCUT2D eigenvalue weighted by atomic mass is 10.0. The van der Waals surface area contributed by atoms with Gasteiger partial charge in [0.15, 0.2) is 0 Å². The smallest absolute Gasteiger partial charge is 0.133 e. The Morgan fingerprint density at radius 1 is 1.00 bits per heavy atom. The van der Waals surface area contributed by atoms with Crippen molar-refractivity contribution in [1.29, 1.82) is 0 Å². The Hall–Kier alpha value is -0.630. The van der Waals surface area contributed by atoms with Gasteiger partial charge >= 0.3 is 0 Å². The number of halogens is 1. The lowest BCUT2D eigenvalue weighted by Crippen LogP contribution is -1.95. The zero-order chi connectivity index (χ0) is 9.26. The highest BCUT2D eigenvalue weighted by Crippen LogP contribution is 2.22. The molecule has 0 aromatic heterocycles. The number of fused-ring (bicyclic) bond motifs is 1. The van der Waals surface area contributed by atoms with Gasteiger partial charge in [-0.2, -0.15) is 0 Å². The molecule has 0 spiro atoms. The van der Waals surface area contributed by atoms with Gasteiger partial charge in [-0.25, -0.2) is 0 Å². The summed E-state index contributed by atoms with van der Waals surface area (Å²) in [5.41, 5.74) is 2.68. The quantitative estimate of drug-likeness (QED) is 0.636. The summed E-state index contributed by atoms with van der Waals surface area (Å²) in [6, 6.07) is 6.31. The molecule has 0 radical (unpaired) electrons. The molecule has 0 heterocycles. The first-order chi connectivity index (χ1) is 6.25. The van der Waals surface area contributed by atoms with Crippen molar-refractivity contribution in [2.75, 3.05) is 0 Å². The van der Waals surface area contributed by atoms with Crippen molar-refractivity contribution in [3.63, 3.8) is 0 Å². The van der Waals surface area contributed by atoms with Crippen molar-refractivity contribution < 1.29 is 4.79 Å². The van der Waals surface area contributed by atoms with Crippen LogP contribution in [0.3, 0.4) is 0 Å². The number of carbonyl (C=O) groups excluding carboxylic acids is 1. The van der Waals surface area contributed by atoms with E-state index in [2.05, 4.69) is 34.1 Å². The summed E-state index contributed by atoms with van der Waals surface area (Å²) < 4.78 is 1.11. The zero-order valence-electron chi connectivity index (χ0n) is 7.35. The van der Waals surface area contributed by atoms with Crippen LogP contribution in [0.25, 0.3) is 0 Å². The number of carbonyl (C=O) groups is 1. The summed E-state index contributed by atoms with van der Waals surface area (Å²) in [7, 11) is 0. The standard InChI is InChI=1S/C11H11BrO/c12-10-4-1-8-2-5-11(13)6-3-9(8)7-10/h1,4,7H,2-3,5-6H2. The Balaban J connectivity index is 2.35. The summed E-state index contributed by atoms with van der Waals surface area (Å²) >= 11 is 3.45. The van der Waals surface area contributed by atoms with Crippen LogP contribution >= 0.6 is 15.9 Å². The van der Waals surface area contributed by atoms with Gasteiger partial charge in [-0.1, -0.05) is 22.0 Å². The summed E-state index contributed by atoms with van der Waals surface area (Å²) in [5, 5.41) is 0. The molecule has 68 valence electrons. The second-order valence-electron chi connectivity index (χ2n) is 3.45. The summed E-state index contributed by atoms with van der Waals surface area (Å²) in [6.45, 7) is 0. The minimum absolute atomic E-state index is 0.396. The Bertz CT molecular complexity index is 344. The molecule has 13 heavy (non-hydrogen) atoms. The largest absolute Gasteiger partial charge is 0.300 e. The molecule has 0 N–H and O–H groups in total. The van der Waals surface area contributed by atoms with Crippen LogP contribution in [0.15, 0.2) is 22.7 Å². The normalized spacial score (nSPS) is 16.5. The number of rotatable bonds is 0. The van der Waals surface area contributed by atoms with E-state index in [0.717, 1.165) is 17.3 Å². The molecule has 1 aliphatic rings. The van der Waals surface area contributed by atoms with Crippen LogP contribution in [0, 0.1) is 0 Å². The minimum Gasteiger partial charge on any atom is -0.300 e. The van der Waals surface area contributed by atoms with Crippen molar-refractivity contribution in [3.8, 4) is 0 Å². The Morgan fingerprint density at radius 2 is 1.69 bits per heavy atom. The van der Waals surface area contributed by atoms with E-state index in [0.29, 0.717) is 18.6 Å². The molecule has 1 nitrogen and oxygen atoms in total. The fourth-order valence-electron chi connectivity index (χ4n) is 1.74. The number of benzene rings is 1. The first kappa shape index (κ1) is 8.95. The van der Waals surface area contributed by atoms with E-state index in [4.69, 9.17) is 0 Å². The monoisotopic (exact) mass is 238 g/mol. The van der Waals surface area contributed by atoms with E-state index in [9.17, 15) is 4.79 Å². The summed E-state index contributed by atoms with van der Waals surface area (Å²) in [5.74, 6) is 0.396. The van der Waals surface area contributed by atoms with Gasteiger partial charge in [0, 0.05) is 17.3 Å². The van der Waals surface area contributed by atoms with Gasteiger partial charge < -0.3 is 0 Å². The molecule has 2 rings (SSSR count). The predicted octanol–water partition coefficient (Wildman–Crippen LogP) is 2.90. The molecule has 0 atom stereocenters. The number of hydrogen-bond donors (Lipinski definition) is 0. The minimum atomic E-state index is 0.396. The molecule has 0 aliphatic heterocycles. The van der Waals surface area contributed by atoms with Gasteiger partial charge in [0.1, 0.15) is 5.78 Å². The lowest BCUT2D eigenvalue weighted by molar-refractivity contribution is -0.118. The second kappa shape index (κ2) is 3.62. The first-order valence-electron chi connectivity index (χ1n) is 4.55. The zero-order valence-corrected chi connectivity index (χ0v) is 8.93. The molecule has 1 aromatic carbocycles. The molecule has 1 aliphatic carbocycles. The molecular weight excluding hydrogens is 228 g/mol. The fraction of sp³-hybridized carbons (Fsp3) is 0.364. The average Bonchev–Trinajstić information content (AvgIpc) is 2.29. The Labute approximate surface area is 86.3 Å². The van der Waals surface area contributed by atoms with Crippen molar-refractivity contribution in [2.24, 2.45) is 0 Å². The average molecular weight is 239 g/mol. The highest BCUT2D eigenvalue weighted by molar-refractivity contribution is 9.10. The molecule has 0 saturated heterocycles. The van der Waals surface area contributed by atoms with Crippen molar-refractivity contribution in [3.05, 3.63) is 33.8 Å². The van der Waals surface area contributed by atoms with Crippen LogP contribution in [-0.2, 0) is 17.6 Å². The summed E-state index contributed by atoms with van der Waals surface area (Å²) in [6.07, 6.45) is 3.26. The molecule has 0 amide bonds. The van der Waals surface area contributed by atoms with Crippen LogP contribution < -0.4 is 0 Å². The number of hydrogen-bond acceptors (Lipinski definition) is 1. The van der Waals surface area contributed by atoms with Crippen molar-refractivity contribution >= 4 is 21.7 Å². The van der Waals surface area contributed by atoms with E-state index >= 15 is 0 Å². The molecule has 0 saturated carbocycles. The maximum atomic E-state index is 11.2. The van der Waals surface area contributed by atoms with Gasteiger partial charge in [0.05, 0.1) is 0 Å². The van der Waals surface area contributed by atoms with E-state index in [1.165, 1.54) is 11.1 Å². The number of aryl methyl sites for hydroxylation is 2. The highest BCUT2D eigenvalue weighted by Gasteiger charge is 2.12. The van der Waals surface area contributed by atoms with E-state index < -0.39 is 0 Å². The molecule has 0 unspecified atom stereocenters. The lowest BCUT2D eigenvalue weighted by Gasteiger charge is -2.04. The Morgan fingerprint density at radius 3 is 2.46 bits per heavy atom. The van der Waals surface area contributed by atoms with E-state index in [1.807, 2.05) is 0 Å². The van der Waals surface area contributed by atoms with Gasteiger partial charge in [0.25, 0.3) is 0 Å². The highest BCUT2D eigenvalue weighted by atomic mass is 79.9. The molecule has 2 heteroatoms. The molecule has 0 bridgehead atoms. The van der Waals surface area contributed by atoms with Gasteiger partial charge in [0.2, 0.25) is 0 Å². The van der Waals surface area contributed by atoms with Gasteiger partial charge in [-0.15, -0.1) is 0 Å².